The molecular formula is C8H7ClN2O. The summed E-state index contributed by atoms with van der Waals surface area (Å²) >= 11 is 5.50. The zero-order valence-electron chi connectivity index (χ0n) is 6.25. The van der Waals surface area contributed by atoms with Gasteiger partial charge in [-0.15, -0.1) is 11.6 Å². The topological polar surface area (TPSA) is 38.1 Å². The number of alkyl halides is 1. The minimum absolute atomic E-state index is 0.389. The Labute approximate surface area is 74.3 Å². The molecule has 0 bridgehead atoms. The maximum Gasteiger partial charge on any atom is 0.181 e. The van der Waals surface area contributed by atoms with Crippen LogP contribution < -0.4 is 5.32 Å². The summed E-state index contributed by atoms with van der Waals surface area (Å²) in [4.78, 5) is 3.99. The van der Waals surface area contributed by atoms with Crippen molar-refractivity contribution in [2.24, 2.45) is 0 Å². The third kappa shape index (κ3) is 1.23. The minimum atomic E-state index is 0.389. The molecule has 1 aromatic heterocycles. The largest absolute Gasteiger partial charge is 0.443 e. The SMILES string of the molecule is ClCNc1ccc2ncoc2c1. The molecule has 0 radical (unpaired) electrons. The number of oxazole rings is 1. The number of rotatable bonds is 2. The molecule has 12 heavy (non-hydrogen) atoms. The molecule has 0 aliphatic heterocycles. The first kappa shape index (κ1) is 7.43. The highest BCUT2D eigenvalue weighted by molar-refractivity contribution is 6.18. The first-order valence-electron chi connectivity index (χ1n) is 3.53. The highest BCUT2D eigenvalue weighted by Gasteiger charge is 1.98. The summed E-state index contributed by atoms with van der Waals surface area (Å²) in [5, 5.41) is 2.97. The van der Waals surface area contributed by atoms with E-state index in [0.29, 0.717) is 6.00 Å². The zero-order valence-corrected chi connectivity index (χ0v) is 7.01. The highest BCUT2D eigenvalue weighted by Crippen LogP contribution is 2.17. The lowest BCUT2D eigenvalue weighted by Gasteiger charge is -1.99. The molecule has 0 atom stereocenters. The van der Waals surface area contributed by atoms with Gasteiger partial charge in [-0.3, -0.25) is 0 Å². The zero-order chi connectivity index (χ0) is 8.39. The Hall–Kier alpha value is -1.22. The fourth-order valence-corrected chi connectivity index (χ4v) is 1.20. The van der Waals surface area contributed by atoms with E-state index in [0.717, 1.165) is 16.8 Å². The second-order valence-electron chi connectivity index (χ2n) is 2.35. The quantitative estimate of drug-likeness (QED) is 0.573. The molecule has 2 rings (SSSR count). The number of nitrogens with zero attached hydrogens (tertiary/aromatic N) is 1. The number of anilines is 1. The molecule has 0 saturated heterocycles. The van der Waals surface area contributed by atoms with Gasteiger partial charge in [0.1, 0.15) is 5.52 Å². The summed E-state index contributed by atoms with van der Waals surface area (Å²) in [5.74, 6) is 0. The van der Waals surface area contributed by atoms with E-state index < -0.39 is 0 Å². The van der Waals surface area contributed by atoms with Crippen molar-refractivity contribution in [2.45, 2.75) is 0 Å². The van der Waals surface area contributed by atoms with Gasteiger partial charge in [0.2, 0.25) is 0 Å². The first-order valence-corrected chi connectivity index (χ1v) is 4.07. The normalized spacial score (nSPS) is 10.4. The summed E-state index contributed by atoms with van der Waals surface area (Å²) in [6.07, 6.45) is 1.43. The van der Waals surface area contributed by atoms with Crippen LogP contribution in [0.1, 0.15) is 0 Å². The molecule has 3 nitrogen and oxygen atoms in total. The fraction of sp³-hybridized carbons (Fsp3) is 0.125. The van der Waals surface area contributed by atoms with Crippen molar-refractivity contribution < 1.29 is 4.42 Å². The van der Waals surface area contributed by atoms with Crippen LogP contribution in [-0.4, -0.2) is 11.0 Å². The highest BCUT2D eigenvalue weighted by atomic mass is 35.5. The van der Waals surface area contributed by atoms with Crippen molar-refractivity contribution >= 4 is 28.4 Å². The van der Waals surface area contributed by atoms with E-state index in [4.69, 9.17) is 16.0 Å². The number of benzene rings is 1. The summed E-state index contributed by atoms with van der Waals surface area (Å²) in [5.41, 5.74) is 2.56. The van der Waals surface area contributed by atoms with Gasteiger partial charge in [0.05, 0.1) is 6.00 Å². The predicted octanol–water partition coefficient (Wildman–Crippen LogP) is 2.44. The van der Waals surface area contributed by atoms with Gasteiger partial charge >= 0.3 is 0 Å². The standard InChI is InChI=1S/C8H7ClN2O/c9-4-10-6-1-2-7-8(3-6)12-5-11-7/h1-3,5,10H,4H2. The molecule has 1 aromatic carbocycles. The van der Waals surface area contributed by atoms with Crippen LogP contribution in [0.4, 0.5) is 5.69 Å². The number of halogens is 1. The molecule has 1 N–H and O–H groups in total. The second-order valence-corrected chi connectivity index (χ2v) is 2.61. The predicted molar refractivity (Wildman–Crippen MR) is 48.4 cm³/mol. The number of aromatic nitrogens is 1. The van der Waals surface area contributed by atoms with Crippen LogP contribution in [0.25, 0.3) is 11.1 Å². The van der Waals surface area contributed by atoms with Gasteiger partial charge in [0, 0.05) is 11.8 Å². The molecule has 0 aliphatic rings. The van der Waals surface area contributed by atoms with Crippen molar-refractivity contribution in [1.82, 2.24) is 4.98 Å². The lowest BCUT2D eigenvalue weighted by atomic mass is 10.3. The summed E-state index contributed by atoms with van der Waals surface area (Å²) in [7, 11) is 0. The smallest absolute Gasteiger partial charge is 0.181 e. The van der Waals surface area contributed by atoms with E-state index in [1.54, 1.807) is 0 Å². The Morgan fingerprint density at radius 3 is 3.25 bits per heavy atom. The van der Waals surface area contributed by atoms with Gasteiger partial charge < -0.3 is 9.73 Å². The van der Waals surface area contributed by atoms with Crippen molar-refractivity contribution in [1.29, 1.82) is 0 Å². The van der Waals surface area contributed by atoms with E-state index >= 15 is 0 Å². The summed E-state index contributed by atoms with van der Waals surface area (Å²) in [6, 6.07) is 6.05. The molecule has 0 unspecified atom stereocenters. The molecular weight excluding hydrogens is 176 g/mol. The molecule has 0 saturated carbocycles. The Kier molecular flexibility index (Phi) is 1.87. The number of hydrogen-bond acceptors (Lipinski definition) is 3. The van der Waals surface area contributed by atoms with Crippen molar-refractivity contribution in [3.8, 4) is 0 Å². The van der Waals surface area contributed by atoms with Crippen molar-refractivity contribution in [3.63, 3.8) is 0 Å². The number of nitrogens with one attached hydrogen (secondary N) is 1. The fourth-order valence-electron chi connectivity index (χ4n) is 1.04. The van der Waals surface area contributed by atoms with Crippen LogP contribution in [0.3, 0.4) is 0 Å². The minimum Gasteiger partial charge on any atom is -0.443 e. The average molecular weight is 183 g/mol. The summed E-state index contributed by atoms with van der Waals surface area (Å²) in [6.45, 7) is 0. The van der Waals surface area contributed by atoms with Gasteiger partial charge in [-0.05, 0) is 12.1 Å². The van der Waals surface area contributed by atoms with Gasteiger partial charge in [-0.2, -0.15) is 0 Å². The molecule has 0 amide bonds. The van der Waals surface area contributed by atoms with Gasteiger partial charge in [-0.25, -0.2) is 4.98 Å². The third-order valence-electron chi connectivity index (χ3n) is 1.60. The van der Waals surface area contributed by atoms with E-state index in [-0.39, 0.29) is 0 Å². The Balaban J connectivity index is 2.46. The number of fused-ring (bicyclic) bond motifs is 1. The van der Waals surface area contributed by atoms with Crippen LogP contribution in [0.15, 0.2) is 29.0 Å². The summed E-state index contributed by atoms with van der Waals surface area (Å²) < 4.78 is 5.11. The van der Waals surface area contributed by atoms with Crippen LogP contribution in [-0.2, 0) is 0 Å². The van der Waals surface area contributed by atoms with Crippen LogP contribution in [0.2, 0.25) is 0 Å². The molecule has 2 aromatic rings. The number of hydrogen-bond donors (Lipinski definition) is 1. The molecule has 0 spiro atoms. The molecule has 4 heteroatoms. The lowest BCUT2D eigenvalue weighted by Crippen LogP contribution is -1.92. The monoisotopic (exact) mass is 182 g/mol. The van der Waals surface area contributed by atoms with Crippen LogP contribution >= 0.6 is 11.6 Å². The van der Waals surface area contributed by atoms with Gasteiger partial charge in [0.25, 0.3) is 0 Å². The average Bonchev–Trinajstić information content (AvgIpc) is 2.51. The van der Waals surface area contributed by atoms with Crippen molar-refractivity contribution in [3.05, 3.63) is 24.6 Å². The maximum absolute atomic E-state index is 5.50. The van der Waals surface area contributed by atoms with Gasteiger partial charge in [0.15, 0.2) is 12.0 Å². The van der Waals surface area contributed by atoms with Gasteiger partial charge in [-0.1, -0.05) is 0 Å². The molecule has 0 fully saturated rings. The Bertz CT molecular complexity index is 385. The Morgan fingerprint density at radius 2 is 2.42 bits per heavy atom. The lowest BCUT2D eigenvalue weighted by molar-refractivity contribution is 0.602. The molecule has 1 heterocycles. The van der Waals surface area contributed by atoms with E-state index in [9.17, 15) is 0 Å². The molecule has 62 valence electrons. The second kappa shape index (κ2) is 3.03. The van der Waals surface area contributed by atoms with Crippen LogP contribution in [0, 0.1) is 0 Å². The van der Waals surface area contributed by atoms with E-state index in [2.05, 4.69) is 10.3 Å². The maximum atomic E-state index is 5.50. The third-order valence-corrected chi connectivity index (χ3v) is 1.74. The first-order chi connectivity index (χ1) is 5.90. The van der Waals surface area contributed by atoms with Crippen molar-refractivity contribution in [2.75, 3.05) is 11.3 Å². The molecule has 0 aliphatic carbocycles. The van der Waals surface area contributed by atoms with E-state index in [1.165, 1.54) is 6.39 Å². The Morgan fingerprint density at radius 1 is 1.50 bits per heavy atom. The van der Waals surface area contributed by atoms with E-state index in [1.807, 2.05) is 18.2 Å². The van der Waals surface area contributed by atoms with Crippen LogP contribution in [0.5, 0.6) is 0 Å².